The molecule has 0 bridgehead atoms. The number of hydrogen-bond acceptors (Lipinski definition) is 15. The molecule has 108 heavy (non-hydrogen) atoms. The van der Waals surface area contributed by atoms with Crippen LogP contribution in [0, 0.1) is 0 Å². The third-order valence-electron chi connectivity index (χ3n) is 15.1. The Kier molecular flexibility index (Phi) is 73.3. The summed E-state index contributed by atoms with van der Waals surface area (Å²) in [6.45, 7) is 4.14. The van der Waals surface area contributed by atoms with Crippen LogP contribution in [0.5, 0.6) is 0 Å². The van der Waals surface area contributed by atoms with Crippen molar-refractivity contribution >= 4 is 39.5 Å². The van der Waals surface area contributed by atoms with Crippen molar-refractivity contribution < 1.29 is 80.2 Å². The highest BCUT2D eigenvalue weighted by atomic mass is 31.2. The Morgan fingerprint density at radius 3 is 0.741 bits per heavy atom. The summed E-state index contributed by atoms with van der Waals surface area (Å²) in [7, 11) is -10.0. The molecule has 0 saturated heterocycles. The Hall–Kier alpha value is -6.88. The SMILES string of the molecule is CC/C=C\C/C=C\C/C=C\C/C=C\C/C=C\CCCCCC(=O)OCC(COP(=O)(O)OCC(O)COP(=O)(O)OCC(COC(=O)CCC/C=C\C/C=C\C/C=C\C/C=C\C/C=C\CC)OC(=O)CCCC/C=C\C/C=C\C/C=C\C/C=C\CC)OC(=O)CCC/C=C\C/C=C\C/C=C\C/C=C\C/C=C\CC. The normalized spacial score (nSPS) is 15.1. The van der Waals surface area contributed by atoms with Gasteiger partial charge in [0, 0.05) is 25.7 Å². The van der Waals surface area contributed by atoms with Gasteiger partial charge in [-0.1, -0.05) is 265 Å². The van der Waals surface area contributed by atoms with Crippen molar-refractivity contribution in [3.8, 4) is 0 Å². The lowest BCUT2D eigenvalue weighted by Crippen LogP contribution is -2.30. The molecule has 0 saturated carbocycles. The Labute approximate surface area is 651 Å². The Bertz CT molecular complexity index is 2960. The van der Waals surface area contributed by atoms with E-state index in [2.05, 4.69) is 228 Å². The number of hydrogen-bond donors (Lipinski definition) is 3. The van der Waals surface area contributed by atoms with Crippen molar-refractivity contribution in [3.63, 3.8) is 0 Å². The number of aliphatic hydroxyl groups excluding tert-OH is 1. The van der Waals surface area contributed by atoms with E-state index in [1.807, 2.05) is 30.4 Å². The van der Waals surface area contributed by atoms with Crippen molar-refractivity contribution in [1.82, 2.24) is 0 Å². The van der Waals surface area contributed by atoms with E-state index >= 15 is 0 Å². The highest BCUT2D eigenvalue weighted by molar-refractivity contribution is 7.47. The van der Waals surface area contributed by atoms with Crippen molar-refractivity contribution in [3.05, 3.63) is 231 Å². The van der Waals surface area contributed by atoms with Gasteiger partial charge in [-0.25, -0.2) is 9.13 Å². The third kappa shape index (κ3) is 77.3. The molecule has 0 aromatic heterocycles. The van der Waals surface area contributed by atoms with Gasteiger partial charge in [0.2, 0.25) is 0 Å². The average molecular weight is 1540 g/mol. The minimum absolute atomic E-state index is 0.00447. The predicted molar refractivity (Wildman–Crippen MR) is 444 cm³/mol. The number of carbonyl (C=O) groups is 4. The topological polar surface area (TPSA) is 237 Å². The maximum Gasteiger partial charge on any atom is 0.472 e. The number of phosphoric acid groups is 2. The van der Waals surface area contributed by atoms with Crippen LogP contribution in [0.4, 0.5) is 0 Å². The minimum atomic E-state index is -5.02. The zero-order chi connectivity index (χ0) is 78.9. The smallest absolute Gasteiger partial charge is 0.462 e. The molecule has 0 radical (unpaired) electrons. The van der Waals surface area contributed by atoms with Crippen LogP contribution in [-0.2, 0) is 65.4 Å². The first-order valence-electron chi connectivity index (χ1n) is 39.6. The highest BCUT2D eigenvalue weighted by Crippen LogP contribution is 2.45. The van der Waals surface area contributed by atoms with Gasteiger partial charge in [0.05, 0.1) is 26.4 Å². The molecule has 0 aliphatic heterocycles. The number of ether oxygens (including phenoxy) is 4. The lowest BCUT2D eigenvalue weighted by molar-refractivity contribution is -0.161. The molecule has 604 valence electrons. The Morgan fingerprint density at radius 1 is 0.259 bits per heavy atom. The Morgan fingerprint density at radius 2 is 0.463 bits per heavy atom. The number of aliphatic hydroxyl groups is 1. The summed E-state index contributed by atoms with van der Waals surface area (Å²) in [6.07, 6.45) is 101. The van der Waals surface area contributed by atoms with E-state index in [9.17, 15) is 43.2 Å². The van der Waals surface area contributed by atoms with Crippen molar-refractivity contribution in [2.75, 3.05) is 39.6 Å². The first-order chi connectivity index (χ1) is 52.7. The summed E-state index contributed by atoms with van der Waals surface area (Å²) < 4.78 is 68.4. The summed E-state index contributed by atoms with van der Waals surface area (Å²) in [4.78, 5) is 73.0. The maximum absolute atomic E-state index is 13.1. The van der Waals surface area contributed by atoms with Crippen LogP contribution < -0.4 is 0 Å². The second kappa shape index (κ2) is 78.2. The van der Waals surface area contributed by atoms with Gasteiger partial charge in [-0.2, -0.15) is 0 Å². The van der Waals surface area contributed by atoms with Gasteiger partial charge in [-0.3, -0.25) is 37.3 Å². The van der Waals surface area contributed by atoms with Gasteiger partial charge in [0.15, 0.2) is 12.2 Å². The molecule has 0 fully saturated rings. The maximum atomic E-state index is 13.1. The number of allylic oxidation sites excluding steroid dienone is 38. The number of carbonyl (C=O) groups excluding carboxylic acids is 4. The summed E-state index contributed by atoms with van der Waals surface area (Å²) in [5.74, 6) is -2.43. The van der Waals surface area contributed by atoms with Crippen LogP contribution in [0.25, 0.3) is 0 Å². The average Bonchev–Trinajstić information content (AvgIpc) is 0.906. The molecular weight excluding hydrogens is 1400 g/mol. The number of phosphoric ester groups is 2. The lowest BCUT2D eigenvalue weighted by atomic mass is 10.1. The summed E-state index contributed by atoms with van der Waals surface area (Å²) in [6, 6.07) is 0. The van der Waals surface area contributed by atoms with Gasteiger partial charge in [0.1, 0.15) is 19.3 Å². The molecule has 0 spiro atoms. The molecule has 19 heteroatoms. The van der Waals surface area contributed by atoms with Gasteiger partial charge >= 0.3 is 39.5 Å². The first-order valence-corrected chi connectivity index (χ1v) is 42.6. The van der Waals surface area contributed by atoms with E-state index < -0.39 is 97.5 Å². The second-order valence-electron chi connectivity index (χ2n) is 25.1. The molecule has 5 atom stereocenters. The third-order valence-corrected chi connectivity index (χ3v) is 17.0. The van der Waals surface area contributed by atoms with Gasteiger partial charge < -0.3 is 33.8 Å². The zero-order valence-electron chi connectivity index (χ0n) is 65.9. The van der Waals surface area contributed by atoms with Crippen LogP contribution >= 0.6 is 15.6 Å². The molecule has 0 aromatic rings. The fourth-order valence-electron chi connectivity index (χ4n) is 9.25. The van der Waals surface area contributed by atoms with Crippen LogP contribution in [0.3, 0.4) is 0 Å². The zero-order valence-corrected chi connectivity index (χ0v) is 67.7. The van der Waals surface area contributed by atoms with E-state index in [0.29, 0.717) is 44.9 Å². The van der Waals surface area contributed by atoms with E-state index in [4.69, 9.17) is 37.0 Å². The molecule has 0 heterocycles. The molecule has 0 aromatic carbocycles. The second-order valence-corrected chi connectivity index (χ2v) is 28.0. The van der Waals surface area contributed by atoms with Crippen LogP contribution in [0.2, 0.25) is 0 Å². The molecule has 0 aliphatic carbocycles. The van der Waals surface area contributed by atoms with Gasteiger partial charge in [0.25, 0.3) is 0 Å². The molecule has 0 rings (SSSR count). The largest absolute Gasteiger partial charge is 0.472 e. The van der Waals surface area contributed by atoms with Crippen molar-refractivity contribution in [2.45, 2.75) is 264 Å². The Balaban J connectivity index is 5.58. The van der Waals surface area contributed by atoms with E-state index in [1.165, 1.54) is 0 Å². The molecule has 5 unspecified atom stereocenters. The number of esters is 4. The van der Waals surface area contributed by atoms with Crippen LogP contribution in [0.15, 0.2) is 231 Å². The summed E-state index contributed by atoms with van der Waals surface area (Å²) in [5.41, 5.74) is 0. The van der Waals surface area contributed by atoms with Gasteiger partial charge in [-0.15, -0.1) is 0 Å². The lowest BCUT2D eigenvalue weighted by Gasteiger charge is -2.21. The summed E-state index contributed by atoms with van der Waals surface area (Å²) >= 11 is 0. The van der Waals surface area contributed by atoms with Crippen molar-refractivity contribution in [1.29, 1.82) is 0 Å². The molecule has 3 N–H and O–H groups in total. The monoisotopic (exact) mass is 1540 g/mol. The highest BCUT2D eigenvalue weighted by Gasteiger charge is 2.30. The van der Waals surface area contributed by atoms with Crippen molar-refractivity contribution in [2.24, 2.45) is 0 Å². The molecule has 0 amide bonds. The summed E-state index contributed by atoms with van der Waals surface area (Å²) in [5, 5.41) is 10.6. The molecule has 17 nitrogen and oxygen atoms in total. The first kappa shape index (κ1) is 101. The van der Waals surface area contributed by atoms with E-state index in [0.717, 1.165) is 148 Å². The standard InChI is InChI=1S/C89H136O17P2/c1-5-9-13-17-21-25-29-33-37-40-41-44-47-50-54-58-62-66-70-74-87(92)100-80-85(106-89(94)76-72-68-64-60-56-52-48-43-39-35-31-27-23-19-15-11-7-3)82-104-108(97,98)102-78-83(90)77-101-107(95,96)103-81-84(105-88(93)75-71-67-63-59-55-51-45-36-32-28-24-20-16-12-8-4)79-99-86(91)73-69-65-61-57-53-49-46-42-38-34-30-26-22-18-14-10-6-2/h9-16,21-28,33-39,41,44-46,48-50,52,54-55,57,59-61,64,83-85,90H,5-8,17-20,29-32,40,42-43,47,51,53,56,58,62-63,65-82H2,1-4H3,(H,95,96)(H,97,98)/b13-9-,14-10-,15-11-,16-12-,25-21-,26-22-,27-23-,28-24-,37-33-,38-34-,39-35-,44-41-,45-36-,49-46-,52-48-,54-50-,59-55-,61-57-,64-60-. The van der Waals surface area contributed by atoms with Gasteiger partial charge in [-0.05, 0) is 186 Å². The minimum Gasteiger partial charge on any atom is -0.462 e. The number of unbranched alkanes of at least 4 members (excludes halogenated alkanes) is 7. The van der Waals surface area contributed by atoms with E-state index in [1.54, 1.807) is 0 Å². The van der Waals surface area contributed by atoms with E-state index in [-0.39, 0.29) is 25.7 Å². The molecule has 0 aliphatic rings. The fourth-order valence-corrected chi connectivity index (χ4v) is 10.8. The molecular formula is C89H136O17P2. The van der Waals surface area contributed by atoms with Crippen LogP contribution in [-0.4, -0.2) is 96.7 Å². The quantitative estimate of drug-likeness (QED) is 0.0169. The number of rotatable bonds is 71. The van der Waals surface area contributed by atoms with Crippen LogP contribution in [0.1, 0.15) is 246 Å². The predicted octanol–water partition coefficient (Wildman–Crippen LogP) is 23.4. The fraction of sp³-hybridized carbons (Fsp3) is 0.528.